The first-order chi connectivity index (χ1) is 7.58. The summed E-state index contributed by atoms with van der Waals surface area (Å²) in [5.74, 6) is -0.0698. The van der Waals surface area contributed by atoms with Crippen molar-refractivity contribution in [3.05, 3.63) is 33.9 Å². The molecule has 1 aromatic carbocycles. The van der Waals surface area contributed by atoms with E-state index in [9.17, 15) is 20.0 Å². The zero-order valence-electron chi connectivity index (χ0n) is 8.14. The number of rotatable bonds is 2. The predicted molar refractivity (Wildman–Crippen MR) is 54.0 cm³/mol. The van der Waals surface area contributed by atoms with Crippen molar-refractivity contribution < 1.29 is 14.8 Å². The number of aromatic hydroxyl groups is 1. The molecule has 0 saturated carbocycles. The topological polar surface area (TPSA) is 104 Å². The molecule has 84 valence electrons. The minimum atomic E-state index is -0.548. The summed E-state index contributed by atoms with van der Waals surface area (Å²) < 4.78 is 0. The molecule has 0 aromatic heterocycles. The van der Waals surface area contributed by atoms with E-state index in [2.05, 4.69) is 10.6 Å². The van der Waals surface area contributed by atoms with Gasteiger partial charge in [0.05, 0.1) is 11.0 Å². The first-order valence-corrected chi connectivity index (χ1v) is 4.59. The molecule has 0 unspecified atom stereocenters. The summed E-state index contributed by atoms with van der Waals surface area (Å²) in [6, 6.07) is 2.93. The van der Waals surface area contributed by atoms with Crippen LogP contribution < -0.4 is 10.6 Å². The molecule has 3 N–H and O–H groups in total. The number of nitro benzene ring substituents is 1. The van der Waals surface area contributed by atoms with E-state index in [4.69, 9.17) is 0 Å². The van der Waals surface area contributed by atoms with Crippen LogP contribution in [0.2, 0.25) is 0 Å². The lowest BCUT2D eigenvalue weighted by atomic mass is 10.1. The van der Waals surface area contributed by atoms with Gasteiger partial charge < -0.3 is 15.7 Å². The van der Waals surface area contributed by atoms with Gasteiger partial charge >= 0.3 is 6.03 Å². The van der Waals surface area contributed by atoms with Crippen LogP contribution in [0.1, 0.15) is 11.6 Å². The number of phenols is 1. The molecule has 1 heterocycles. The minimum absolute atomic E-state index is 0.0698. The van der Waals surface area contributed by atoms with Crippen molar-refractivity contribution in [1.82, 2.24) is 10.6 Å². The highest BCUT2D eigenvalue weighted by molar-refractivity contribution is 5.77. The van der Waals surface area contributed by atoms with E-state index in [1.165, 1.54) is 18.2 Å². The number of carbonyl (C=O) groups excluding carboxylic acids is 1. The van der Waals surface area contributed by atoms with Crippen LogP contribution in [0.15, 0.2) is 18.2 Å². The van der Waals surface area contributed by atoms with Crippen molar-refractivity contribution in [3.8, 4) is 5.75 Å². The number of non-ortho nitro benzene ring substituents is 1. The lowest BCUT2D eigenvalue weighted by Gasteiger charge is -2.10. The second-order valence-electron chi connectivity index (χ2n) is 3.41. The Bertz CT molecular complexity index is 460. The number of nitrogens with zero attached hydrogens (tertiary/aromatic N) is 1. The smallest absolute Gasteiger partial charge is 0.315 e. The average molecular weight is 223 g/mol. The monoisotopic (exact) mass is 223 g/mol. The fourth-order valence-electron chi connectivity index (χ4n) is 1.58. The van der Waals surface area contributed by atoms with Gasteiger partial charge in [-0.15, -0.1) is 0 Å². The predicted octanol–water partition coefficient (Wildman–Crippen LogP) is 0.654. The van der Waals surface area contributed by atoms with Crippen LogP contribution in [0, 0.1) is 10.1 Å². The fourth-order valence-corrected chi connectivity index (χ4v) is 1.58. The first kappa shape index (κ1) is 10.2. The third-order valence-electron chi connectivity index (χ3n) is 2.37. The Labute approximate surface area is 90.2 Å². The molecule has 1 saturated heterocycles. The molecule has 1 aromatic rings. The lowest BCUT2D eigenvalue weighted by molar-refractivity contribution is -0.385. The number of nitro groups is 1. The molecule has 16 heavy (non-hydrogen) atoms. The molecule has 1 fully saturated rings. The fraction of sp³-hybridized carbons (Fsp3) is 0.222. The summed E-state index contributed by atoms with van der Waals surface area (Å²) in [4.78, 5) is 20.9. The van der Waals surface area contributed by atoms with Gasteiger partial charge in [-0.05, 0) is 6.07 Å². The number of benzene rings is 1. The van der Waals surface area contributed by atoms with E-state index >= 15 is 0 Å². The Balaban J connectivity index is 2.35. The van der Waals surface area contributed by atoms with Crippen molar-refractivity contribution in [2.75, 3.05) is 6.54 Å². The van der Waals surface area contributed by atoms with E-state index in [-0.39, 0.29) is 17.5 Å². The third kappa shape index (κ3) is 1.74. The highest BCUT2D eigenvalue weighted by atomic mass is 16.6. The molecule has 1 atom stereocenters. The molecule has 7 heteroatoms. The normalized spacial score (nSPS) is 19.0. The molecule has 0 bridgehead atoms. The maximum Gasteiger partial charge on any atom is 0.315 e. The van der Waals surface area contributed by atoms with Crippen LogP contribution >= 0.6 is 0 Å². The Morgan fingerprint density at radius 2 is 2.25 bits per heavy atom. The molecule has 1 aliphatic rings. The minimum Gasteiger partial charge on any atom is -0.508 e. The van der Waals surface area contributed by atoms with Crippen LogP contribution in [0.4, 0.5) is 10.5 Å². The second-order valence-corrected chi connectivity index (χ2v) is 3.41. The van der Waals surface area contributed by atoms with Gasteiger partial charge in [0.2, 0.25) is 0 Å². The van der Waals surface area contributed by atoms with Gasteiger partial charge in [-0.3, -0.25) is 10.1 Å². The summed E-state index contributed by atoms with van der Waals surface area (Å²) in [6.45, 7) is 0.299. The summed E-state index contributed by atoms with van der Waals surface area (Å²) in [5.41, 5.74) is 0.224. The largest absolute Gasteiger partial charge is 0.508 e. The van der Waals surface area contributed by atoms with Crippen LogP contribution in [-0.4, -0.2) is 22.6 Å². The first-order valence-electron chi connectivity index (χ1n) is 4.59. The maximum absolute atomic E-state index is 10.9. The number of hydrogen-bond donors (Lipinski definition) is 3. The molecular formula is C9H9N3O4. The van der Waals surface area contributed by atoms with Crippen LogP contribution in [0.5, 0.6) is 5.75 Å². The summed E-state index contributed by atoms with van der Waals surface area (Å²) in [5, 5.41) is 25.2. The van der Waals surface area contributed by atoms with E-state index in [0.717, 1.165) is 0 Å². The Kier molecular flexibility index (Phi) is 2.35. The highest BCUT2D eigenvalue weighted by Crippen LogP contribution is 2.29. The van der Waals surface area contributed by atoms with E-state index in [1.54, 1.807) is 0 Å². The standard InChI is InChI=1S/C9H9N3O4/c13-8-2-1-5(12(15)16)3-6(8)7-4-10-9(14)11-7/h1-3,7,13H,4H2,(H2,10,11,14)/t7-/m1/s1. The molecule has 0 spiro atoms. The Morgan fingerprint density at radius 3 is 2.81 bits per heavy atom. The van der Waals surface area contributed by atoms with Gasteiger partial charge in [0.1, 0.15) is 5.75 Å². The summed E-state index contributed by atoms with van der Waals surface area (Å²) >= 11 is 0. The quantitative estimate of drug-likeness (QED) is 0.505. The van der Waals surface area contributed by atoms with Crippen LogP contribution in [0.3, 0.4) is 0 Å². The van der Waals surface area contributed by atoms with E-state index in [0.29, 0.717) is 12.1 Å². The second kappa shape index (κ2) is 3.69. The number of nitrogens with one attached hydrogen (secondary N) is 2. The van der Waals surface area contributed by atoms with Crippen LogP contribution in [-0.2, 0) is 0 Å². The molecule has 1 aliphatic heterocycles. The molecule has 2 amide bonds. The van der Waals surface area contributed by atoms with Gasteiger partial charge in [-0.2, -0.15) is 0 Å². The number of amides is 2. The number of hydrogen-bond acceptors (Lipinski definition) is 4. The number of carbonyl (C=O) groups is 1. The molecule has 2 rings (SSSR count). The van der Waals surface area contributed by atoms with Gasteiger partial charge in [0, 0.05) is 24.2 Å². The lowest BCUT2D eigenvalue weighted by Crippen LogP contribution is -2.21. The Hall–Kier alpha value is -2.31. The molecule has 0 aliphatic carbocycles. The van der Waals surface area contributed by atoms with Crippen molar-refractivity contribution >= 4 is 11.7 Å². The van der Waals surface area contributed by atoms with Crippen molar-refractivity contribution in [3.63, 3.8) is 0 Å². The summed E-state index contributed by atoms with van der Waals surface area (Å²) in [6.07, 6.45) is 0. The van der Waals surface area contributed by atoms with Crippen molar-refractivity contribution in [2.24, 2.45) is 0 Å². The van der Waals surface area contributed by atoms with Crippen molar-refractivity contribution in [2.45, 2.75) is 6.04 Å². The molecule has 0 radical (unpaired) electrons. The SMILES string of the molecule is O=C1NC[C@H](c2cc([N+](=O)[O-])ccc2O)N1. The average Bonchev–Trinajstić information content (AvgIpc) is 2.65. The highest BCUT2D eigenvalue weighted by Gasteiger charge is 2.25. The third-order valence-corrected chi connectivity index (χ3v) is 2.37. The van der Waals surface area contributed by atoms with E-state index in [1.807, 2.05) is 0 Å². The Morgan fingerprint density at radius 1 is 1.50 bits per heavy atom. The molecular weight excluding hydrogens is 214 g/mol. The maximum atomic E-state index is 10.9. The van der Waals surface area contributed by atoms with Gasteiger partial charge in [-0.25, -0.2) is 4.79 Å². The molecule has 7 nitrogen and oxygen atoms in total. The zero-order valence-corrected chi connectivity index (χ0v) is 8.14. The van der Waals surface area contributed by atoms with Gasteiger partial charge in [0.25, 0.3) is 5.69 Å². The zero-order chi connectivity index (χ0) is 11.7. The summed E-state index contributed by atoms with van der Waals surface area (Å²) in [7, 11) is 0. The number of phenolic OH excluding ortho intramolecular Hbond substituents is 1. The van der Waals surface area contributed by atoms with Gasteiger partial charge in [0.15, 0.2) is 0 Å². The van der Waals surface area contributed by atoms with Crippen LogP contribution in [0.25, 0.3) is 0 Å². The van der Waals surface area contributed by atoms with Crippen molar-refractivity contribution in [1.29, 1.82) is 0 Å². The van der Waals surface area contributed by atoms with Gasteiger partial charge in [-0.1, -0.05) is 0 Å². The van der Waals surface area contributed by atoms with E-state index < -0.39 is 11.0 Å². The number of urea groups is 1.